The van der Waals surface area contributed by atoms with Crippen LogP contribution in [0.15, 0.2) is 41.3 Å². The van der Waals surface area contributed by atoms with E-state index in [-0.39, 0.29) is 5.69 Å². The number of rotatable bonds is 4. The van der Waals surface area contributed by atoms with Gasteiger partial charge < -0.3 is 5.32 Å². The van der Waals surface area contributed by atoms with Crippen LogP contribution in [0.5, 0.6) is 0 Å². The van der Waals surface area contributed by atoms with Crippen molar-refractivity contribution in [2.45, 2.75) is 4.90 Å². The van der Waals surface area contributed by atoms with Crippen molar-refractivity contribution in [1.29, 1.82) is 0 Å². The summed E-state index contributed by atoms with van der Waals surface area (Å²) in [7, 11) is 0. The predicted octanol–water partition coefficient (Wildman–Crippen LogP) is 5.28. The van der Waals surface area contributed by atoms with E-state index in [4.69, 9.17) is 0 Å². The first-order valence-corrected chi connectivity index (χ1v) is 9.75. The molecule has 0 saturated heterocycles. The third kappa shape index (κ3) is 2.70. The molecule has 2 heterocycles. The van der Waals surface area contributed by atoms with Gasteiger partial charge in [-0.25, -0.2) is 9.97 Å². The Kier molecular flexibility index (Phi) is 3.83. The summed E-state index contributed by atoms with van der Waals surface area (Å²) in [5.41, 5.74) is 1.79. The van der Waals surface area contributed by atoms with Gasteiger partial charge >= 0.3 is 0 Å². The molecular weight excluding hydrogens is 364 g/mol. The second-order valence-corrected chi connectivity index (χ2v) is 7.79. The minimum absolute atomic E-state index is 0.0716. The van der Waals surface area contributed by atoms with Crippen LogP contribution in [0.2, 0.25) is 0 Å². The van der Waals surface area contributed by atoms with E-state index in [1.165, 1.54) is 17.4 Å². The Morgan fingerprint density at radius 1 is 1.12 bits per heavy atom. The van der Waals surface area contributed by atoms with Crippen LogP contribution in [0, 0.1) is 10.1 Å². The van der Waals surface area contributed by atoms with Gasteiger partial charge in [0.15, 0.2) is 10.3 Å². The molecule has 4 aromatic rings. The van der Waals surface area contributed by atoms with Crippen molar-refractivity contribution < 1.29 is 4.92 Å². The van der Waals surface area contributed by atoms with Crippen molar-refractivity contribution in [1.82, 2.24) is 9.97 Å². The lowest BCUT2D eigenvalue weighted by Crippen LogP contribution is -1.87. The quantitative estimate of drug-likeness (QED) is 0.297. The number of thiazole rings is 2. The van der Waals surface area contributed by atoms with Crippen LogP contribution in [0.25, 0.3) is 20.4 Å². The zero-order valence-electron chi connectivity index (χ0n) is 12.3. The van der Waals surface area contributed by atoms with Gasteiger partial charge in [0.25, 0.3) is 5.69 Å². The molecule has 0 saturated carbocycles. The van der Waals surface area contributed by atoms with Crippen molar-refractivity contribution in [2.24, 2.45) is 0 Å². The number of nitrogens with one attached hydrogen (secondary N) is 1. The van der Waals surface area contributed by atoms with E-state index in [0.29, 0.717) is 5.13 Å². The van der Waals surface area contributed by atoms with Gasteiger partial charge in [0.2, 0.25) is 0 Å². The maximum Gasteiger partial charge on any atom is 0.270 e. The van der Waals surface area contributed by atoms with Crippen LogP contribution in [-0.2, 0) is 0 Å². The standard InChI is InChI=1S/C15H10N4O2S3/c1-22-10-3-2-4-11-13(10)17-15(23-11)18-14-16-9-6-5-8(19(20)21)7-12(9)24-14/h2-7H,1H3,(H,16,17,18). The largest absolute Gasteiger partial charge is 0.307 e. The lowest BCUT2D eigenvalue weighted by molar-refractivity contribution is -0.384. The van der Waals surface area contributed by atoms with E-state index in [2.05, 4.69) is 15.3 Å². The van der Waals surface area contributed by atoms with Crippen molar-refractivity contribution in [2.75, 3.05) is 11.6 Å². The molecule has 0 atom stereocenters. The maximum atomic E-state index is 10.9. The number of hydrogen-bond acceptors (Lipinski definition) is 8. The number of hydrogen-bond donors (Lipinski definition) is 1. The molecule has 0 unspecified atom stereocenters. The van der Waals surface area contributed by atoms with E-state index < -0.39 is 4.92 Å². The van der Waals surface area contributed by atoms with Crippen LogP contribution in [-0.4, -0.2) is 21.1 Å². The van der Waals surface area contributed by atoms with Gasteiger partial charge in [-0.3, -0.25) is 10.1 Å². The Hall–Kier alpha value is -2.23. The third-order valence-electron chi connectivity index (χ3n) is 3.40. The molecule has 24 heavy (non-hydrogen) atoms. The number of para-hydroxylation sites is 1. The zero-order chi connectivity index (χ0) is 16.7. The number of nitro groups is 1. The lowest BCUT2D eigenvalue weighted by Gasteiger charge is -1.95. The van der Waals surface area contributed by atoms with Gasteiger partial charge in [0.05, 0.1) is 25.4 Å². The van der Waals surface area contributed by atoms with E-state index in [9.17, 15) is 10.1 Å². The SMILES string of the molecule is CSc1cccc2sc(Nc3nc4ccc([N+](=O)[O-])cc4s3)nc12. The fourth-order valence-electron chi connectivity index (χ4n) is 2.31. The molecule has 120 valence electrons. The zero-order valence-corrected chi connectivity index (χ0v) is 14.8. The number of fused-ring (bicyclic) bond motifs is 2. The summed E-state index contributed by atoms with van der Waals surface area (Å²) in [5, 5.41) is 15.5. The van der Waals surface area contributed by atoms with Crippen LogP contribution >= 0.6 is 34.4 Å². The summed E-state index contributed by atoms with van der Waals surface area (Å²) in [5.74, 6) is 0. The van der Waals surface area contributed by atoms with Gasteiger partial charge in [0.1, 0.15) is 0 Å². The highest BCUT2D eigenvalue weighted by Crippen LogP contribution is 2.35. The molecule has 0 radical (unpaired) electrons. The van der Waals surface area contributed by atoms with Crippen LogP contribution in [0.4, 0.5) is 16.0 Å². The fraction of sp³-hybridized carbons (Fsp3) is 0.0667. The molecule has 0 bridgehead atoms. The first-order valence-electron chi connectivity index (χ1n) is 6.89. The summed E-state index contributed by atoms with van der Waals surface area (Å²) in [6.45, 7) is 0. The molecule has 0 aliphatic rings. The first kappa shape index (κ1) is 15.3. The Labute approximate surface area is 148 Å². The van der Waals surface area contributed by atoms with Gasteiger partial charge in [-0.2, -0.15) is 0 Å². The highest BCUT2D eigenvalue weighted by Gasteiger charge is 2.12. The van der Waals surface area contributed by atoms with Crippen molar-refractivity contribution in [3.8, 4) is 0 Å². The van der Waals surface area contributed by atoms with E-state index in [1.807, 2.05) is 24.5 Å². The second kappa shape index (κ2) is 6.00. The predicted molar refractivity (Wildman–Crippen MR) is 101 cm³/mol. The van der Waals surface area contributed by atoms with Crippen molar-refractivity contribution >= 4 is 70.8 Å². The molecule has 0 amide bonds. The number of nitrogens with zero attached hydrogens (tertiary/aromatic N) is 3. The number of thioether (sulfide) groups is 1. The lowest BCUT2D eigenvalue weighted by atomic mass is 10.3. The van der Waals surface area contributed by atoms with Gasteiger partial charge in [-0.05, 0) is 24.5 Å². The summed E-state index contributed by atoms with van der Waals surface area (Å²) in [6, 6.07) is 10.8. The van der Waals surface area contributed by atoms with E-state index >= 15 is 0 Å². The maximum absolute atomic E-state index is 10.9. The normalized spacial score (nSPS) is 11.2. The molecule has 9 heteroatoms. The van der Waals surface area contributed by atoms with Crippen molar-refractivity contribution in [3.05, 3.63) is 46.5 Å². The molecule has 1 N–H and O–H groups in total. The Morgan fingerprint density at radius 3 is 2.71 bits per heavy atom. The molecular formula is C15H10N4O2S3. The average Bonchev–Trinajstić information content (AvgIpc) is 3.16. The summed E-state index contributed by atoms with van der Waals surface area (Å²) >= 11 is 4.61. The number of nitro benzene ring substituents is 1. The molecule has 2 aromatic heterocycles. The summed E-state index contributed by atoms with van der Waals surface area (Å²) in [6.07, 6.45) is 2.03. The van der Waals surface area contributed by atoms with Crippen molar-refractivity contribution in [3.63, 3.8) is 0 Å². The van der Waals surface area contributed by atoms with Crippen LogP contribution in [0.3, 0.4) is 0 Å². The summed E-state index contributed by atoms with van der Waals surface area (Å²) < 4.78 is 1.89. The number of anilines is 2. The fourth-order valence-corrected chi connectivity index (χ4v) is 4.80. The highest BCUT2D eigenvalue weighted by atomic mass is 32.2. The molecule has 2 aromatic carbocycles. The molecule has 6 nitrogen and oxygen atoms in total. The minimum atomic E-state index is -0.399. The highest BCUT2D eigenvalue weighted by molar-refractivity contribution is 7.98. The van der Waals surface area contributed by atoms with Crippen LogP contribution in [0.1, 0.15) is 0 Å². The third-order valence-corrected chi connectivity index (χ3v) is 6.04. The van der Waals surface area contributed by atoms with Gasteiger partial charge in [0, 0.05) is 17.0 Å². The molecule has 0 spiro atoms. The Balaban J connectivity index is 1.70. The average molecular weight is 374 g/mol. The number of non-ortho nitro benzene ring substituents is 1. The van der Waals surface area contributed by atoms with Crippen LogP contribution < -0.4 is 5.32 Å². The molecule has 0 aliphatic carbocycles. The minimum Gasteiger partial charge on any atom is -0.307 e. The molecule has 0 aliphatic heterocycles. The first-order chi connectivity index (χ1) is 11.6. The number of benzene rings is 2. The van der Waals surface area contributed by atoms with Gasteiger partial charge in [-0.1, -0.05) is 28.7 Å². The smallest absolute Gasteiger partial charge is 0.270 e. The number of aromatic nitrogens is 2. The molecule has 4 rings (SSSR count). The van der Waals surface area contributed by atoms with Gasteiger partial charge in [-0.15, -0.1) is 11.8 Å². The second-order valence-electron chi connectivity index (χ2n) is 4.88. The van der Waals surface area contributed by atoms with E-state index in [1.54, 1.807) is 35.2 Å². The van der Waals surface area contributed by atoms with E-state index in [0.717, 1.165) is 30.5 Å². The summed E-state index contributed by atoms with van der Waals surface area (Å²) in [4.78, 5) is 20.7. The monoisotopic (exact) mass is 374 g/mol. The topological polar surface area (TPSA) is 81.0 Å². The molecule has 0 fully saturated rings. The Morgan fingerprint density at radius 2 is 1.92 bits per heavy atom. The Bertz CT molecular complexity index is 1070.